The third-order valence-electron chi connectivity index (χ3n) is 4.48. The summed E-state index contributed by atoms with van der Waals surface area (Å²) in [6.45, 7) is 8.21. The Labute approximate surface area is 163 Å². The van der Waals surface area contributed by atoms with Crippen molar-refractivity contribution in [2.75, 3.05) is 0 Å². The van der Waals surface area contributed by atoms with Crippen molar-refractivity contribution in [1.29, 1.82) is 0 Å². The van der Waals surface area contributed by atoms with Crippen LogP contribution in [0.5, 0.6) is 11.5 Å². The largest absolute Gasteiger partial charge is 0.508 e. The van der Waals surface area contributed by atoms with Crippen molar-refractivity contribution in [3.63, 3.8) is 0 Å². The highest BCUT2D eigenvalue weighted by Gasteiger charge is 2.15. The molecule has 2 rings (SSSR count). The molecule has 0 fully saturated rings. The van der Waals surface area contributed by atoms with Crippen molar-refractivity contribution in [2.24, 2.45) is 0 Å². The highest BCUT2D eigenvalue weighted by molar-refractivity contribution is 5.56. The molecule has 142 valence electrons. The summed E-state index contributed by atoms with van der Waals surface area (Å²) >= 11 is 0. The van der Waals surface area contributed by atoms with Gasteiger partial charge in [0, 0.05) is 17.2 Å². The second-order valence-electron chi connectivity index (χ2n) is 7.34. The molecule has 0 atom stereocenters. The first kappa shape index (κ1) is 20.6. The second kappa shape index (κ2) is 9.82. The first-order chi connectivity index (χ1) is 12.9. The highest BCUT2D eigenvalue weighted by Crippen LogP contribution is 2.34. The summed E-state index contributed by atoms with van der Waals surface area (Å²) in [6.07, 6.45) is 10.4. The lowest BCUT2D eigenvalue weighted by Crippen LogP contribution is -2.01. The van der Waals surface area contributed by atoms with E-state index in [1.807, 2.05) is 18.2 Å². The van der Waals surface area contributed by atoms with E-state index in [1.54, 1.807) is 0 Å². The smallest absolute Gasteiger partial charge is 0.123 e. The first-order valence-electron chi connectivity index (χ1n) is 9.42. The number of hydrogen-bond donors (Lipinski definition) is 2. The summed E-state index contributed by atoms with van der Waals surface area (Å²) in [6, 6.07) is 11.6. The summed E-state index contributed by atoms with van der Waals surface area (Å²) in [5.74, 6) is 0.322. The van der Waals surface area contributed by atoms with Gasteiger partial charge in [-0.3, -0.25) is 0 Å². The van der Waals surface area contributed by atoms with Crippen molar-refractivity contribution in [3.8, 4) is 11.5 Å². The molecule has 0 saturated heterocycles. The molecule has 2 aromatic carbocycles. The number of phenolic OH excluding ortho intramolecular Hbond substituents is 2. The van der Waals surface area contributed by atoms with Crippen LogP contribution in [0.25, 0.3) is 6.08 Å². The monoisotopic (exact) mass is 362 g/mol. The number of aromatic hydroxyl groups is 2. The van der Waals surface area contributed by atoms with Crippen molar-refractivity contribution < 1.29 is 10.2 Å². The first-order valence-corrected chi connectivity index (χ1v) is 9.42. The number of allylic oxidation sites excluding steroid dienone is 5. The van der Waals surface area contributed by atoms with E-state index >= 15 is 0 Å². The fraction of sp³-hybridized carbons (Fsp3) is 0.280. The molecule has 2 nitrogen and oxygen atoms in total. The molecular weight excluding hydrogens is 332 g/mol. The van der Waals surface area contributed by atoms with Crippen LogP contribution in [0.4, 0.5) is 0 Å². The summed E-state index contributed by atoms with van der Waals surface area (Å²) in [5.41, 5.74) is 6.35. The Morgan fingerprint density at radius 3 is 1.74 bits per heavy atom. The lowest BCUT2D eigenvalue weighted by molar-refractivity contribution is 0.442. The zero-order chi connectivity index (χ0) is 19.8. The molecule has 0 radical (unpaired) electrons. The predicted molar refractivity (Wildman–Crippen MR) is 115 cm³/mol. The van der Waals surface area contributed by atoms with Gasteiger partial charge in [-0.1, -0.05) is 65.8 Å². The quantitative estimate of drug-likeness (QED) is 0.562. The molecule has 2 heteroatoms. The van der Waals surface area contributed by atoms with E-state index in [0.29, 0.717) is 19.3 Å². The lowest BCUT2D eigenvalue weighted by Gasteiger charge is -2.16. The van der Waals surface area contributed by atoms with E-state index in [9.17, 15) is 10.2 Å². The molecule has 0 heterocycles. The summed E-state index contributed by atoms with van der Waals surface area (Å²) in [4.78, 5) is 0. The summed E-state index contributed by atoms with van der Waals surface area (Å²) in [7, 11) is 0. The van der Waals surface area contributed by atoms with Crippen LogP contribution in [0, 0.1) is 0 Å². The fourth-order valence-electron chi connectivity index (χ4n) is 2.99. The Kier molecular flexibility index (Phi) is 7.48. The molecule has 2 N–H and O–H groups in total. The molecule has 0 aliphatic carbocycles. The van der Waals surface area contributed by atoms with Gasteiger partial charge in [0.05, 0.1) is 0 Å². The topological polar surface area (TPSA) is 40.5 Å². The maximum Gasteiger partial charge on any atom is 0.123 e. The average Bonchev–Trinajstić information content (AvgIpc) is 2.61. The maximum atomic E-state index is 10.5. The number of phenols is 2. The van der Waals surface area contributed by atoms with E-state index in [-0.39, 0.29) is 11.5 Å². The van der Waals surface area contributed by atoms with Gasteiger partial charge in [-0.25, -0.2) is 0 Å². The van der Waals surface area contributed by atoms with E-state index in [2.05, 4.69) is 64.1 Å². The SMILES string of the molecule is CC(C)=CCc1c(O)cc(O)c(CC=C(C)C)c1CC=Cc1ccccc1. The van der Waals surface area contributed by atoms with Crippen molar-refractivity contribution >= 4 is 6.08 Å². The van der Waals surface area contributed by atoms with Gasteiger partial charge in [0.15, 0.2) is 0 Å². The summed E-state index contributed by atoms with van der Waals surface area (Å²) in [5, 5.41) is 20.9. The molecule has 0 aliphatic heterocycles. The predicted octanol–water partition coefficient (Wildman–Crippen LogP) is 6.37. The minimum atomic E-state index is 0.161. The third-order valence-corrected chi connectivity index (χ3v) is 4.48. The molecule has 0 bridgehead atoms. The molecule has 0 aliphatic rings. The van der Waals surface area contributed by atoms with Crippen LogP contribution in [-0.2, 0) is 19.3 Å². The Morgan fingerprint density at radius 1 is 0.741 bits per heavy atom. The van der Waals surface area contributed by atoms with Crippen molar-refractivity contribution in [2.45, 2.75) is 47.0 Å². The van der Waals surface area contributed by atoms with Crippen LogP contribution in [0.15, 0.2) is 65.8 Å². The minimum absolute atomic E-state index is 0.161. The van der Waals surface area contributed by atoms with Crippen molar-refractivity contribution in [3.05, 3.63) is 88.0 Å². The van der Waals surface area contributed by atoms with E-state index in [0.717, 1.165) is 22.3 Å². The van der Waals surface area contributed by atoms with Gasteiger partial charge < -0.3 is 10.2 Å². The maximum absolute atomic E-state index is 10.5. The van der Waals surface area contributed by atoms with Crippen LogP contribution in [0.2, 0.25) is 0 Å². The zero-order valence-corrected chi connectivity index (χ0v) is 16.8. The fourth-order valence-corrected chi connectivity index (χ4v) is 2.99. The van der Waals surface area contributed by atoms with E-state index in [1.165, 1.54) is 17.2 Å². The average molecular weight is 363 g/mol. The molecule has 0 saturated carbocycles. The van der Waals surface area contributed by atoms with Gasteiger partial charge in [0.2, 0.25) is 0 Å². The molecule has 27 heavy (non-hydrogen) atoms. The van der Waals surface area contributed by atoms with Crippen molar-refractivity contribution in [1.82, 2.24) is 0 Å². The Balaban J connectivity index is 2.45. The van der Waals surface area contributed by atoms with Crippen LogP contribution in [0.3, 0.4) is 0 Å². The molecule has 0 unspecified atom stereocenters. The Bertz CT molecular complexity index is 803. The summed E-state index contributed by atoms with van der Waals surface area (Å²) < 4.78 is 0. The van der Waals surface area contributed by atoms with Gasteiger partial charge in [-0.15, -0.1) is 0 Å². The van der Waals surface area contributed by atoms with Crippen LogP contribution in [-0.4, -0.2) is 10.2 Å². The number of benzene rings is 2. The van der Waals surface area contributed by atoms with Crippen LogP contribution < -0.4 is 0 Å². The van der Waals surface area contributed by atoms with E-state index < -0.39 is 0 Å². The number of rotatable bonds is 7. The van der Waals surface area contributed by atoms with Gasteiger partial charge >= 0.3 is 0 Å². The lowest BCUT2D eigenvalue weighted by atomic mass is 9.91. The van der Waals surface area contributed by atoms with Crippen LogP contribution in [0.1, 0.15) is 49.9 Å². The number of hydrogen-bond acceptors (Lipinski definition) is 2. The van der Waals surface area contributed by atoms with Gasteiger partial charge in [-0.05, 0) is 58.1 Å². The molecule has 2 aromatic rings. The molecule has 0 aromatic heterocycles. The Morgan fingerprint density at radius 2 is 1.26 bits per heavy atom. The van der Waals surface area contributed by atoms with Gasteiger partial charge in [-0.2, -0.15) is 0 Å². The second-order valence-corrected chi connectivity index (χ2v) is 7.34. The van der Waals surface area contributed by atoms with Gasteiger partial charge in [0.1, 0.15) is 11.5 Å². The molecule has 0 amide bonds. The highest BCUT2D eigenvalue weighted by atomic mass is 16.3. The standard InChI is InChI=1S/C25H30O2/c1-18(2)13-15-22-21(12-8-11-20-9-6-5-7-10-20)23(16-14-19(3)4)25(27)17-24(22)26/h5-11,13-14,17,26-27H,12,15-16H2,1-4H3. The molecule has 0 spiro atoms. The van der Waals surface area contributed by atoms with Crippen LogP contribution >= 0.6 is 0 Å². The Hall–Kier alpha value is -2.74. The third kappa shape index (κ3) is 6.18. The van der Waals surface area contributed by atoms with Gasteiger partial charge in [0.25, 0.3) is 0 Å². The van der Waals surface area contributed by atoms with E-state index in [4.69, 9.17) is 0 Å². The minimum Gasteiger partial charge on any atom is -0.508 e. The molecular formula is C25H30O2. The normalized spacial score (nSPS) is 10.8. The zero-order valence-electron chi connectivity index (χ0n) is 16.8.